The summed E-state index contributed by atoms with van der Waals surface area (Å²) in [6.07, 6.45) is 2.96. The number of nitrogens with zero attached hydrogens (tertiary/aromatic N) is 2. The molecule has 2 aromatic rings. The Morgan fingerprint density at radius 1 is 1.62 bits per heavy atom. The Bertz CT molecular complexity index is 674. The first-order chi connectivity index (χ1) is 10.1. The second kappa shape index (κ2) is 5.81. The van der Waals surface area contributed by atoms with Gasteiger partial charge in [-0.3, -0.25) is 4.79 Å². The van der Waals surface area contributed by atoms with Crippen LogP contribution < -0.4 is 5.43 Å². The third-order valence-electron chi connectivity index (χ3n) is 3.51. The van der Waals surface area contributed by atoms with Crippen molar-refractivity contribution in [1.29, 1.82) is 0 Å². The summed E-state index contributed by atoms with van der Waals surface area (Å²) < 4.78 is 5.67. The highest BCUT2D eigenvalue weighted by atomic mass is 32.1. The zero-order chi connectivity index (χ0) is 14.8. The van der Waals surface area contributed by atoms with Crippen molar-refractivity contribution in [3.05, 3.63) is 39.7 Å². The van der Waals surface area contributed by atoms with E-state index >= 15 is 0 Å². The van der Waals surface area contributed by atoms with Crippen molar-refractivity contribution in [3.63, 3.8) is 0 Å². The largest absolute Gasteiger partial charge is 0.460 e. The molecule has 0 bridgehead atoms. The molecule has 3 rings (SSSR count). The van der Waals surface area contributed by atoms with Crippen molar-refractivity contribution in [2.45, 2.75) is 32.6 Å². The van der Waals surface area contributed by atoms with Gasteiger partial charge in [0.2, 0.25) is 5.91 Å². The molecule has 1 saturated carbocycles. The van der Waals surface area contributed by atoms with Crippen molar-refractivity contribution in [2.75, 3.05) is 0 Å². The maximum absolute atomic E-state index is 11.7. The van der Waals surface area contributed by atoms with Gasteiger partial charge in [0, 0.05) is 11.3 Å². The van der Waals surface area contributed by atoms with Crippen LogP contribution in [-0.2, 0) is 11.2 Å². The van der Waals surface area contributed by atoms with E-state index in [0.717, 1.165) is 16.5 Å². The number of carbonyl (C=O) groups is 1. The Morgan fingerprint density at radius 2 is 2.43 bits per heavy atom. The second-order valence-electron chi connectivity index (χ2n) is 5.39. The number of amides is 1. The van der Waals surface area contributed by atoms with Crippen LogP contribution in [0.1, 0.15) is 41.5 Å². The van der Waals surface area contributed by atoms with Gasteiger partial charge in [-0.25, -0.2) is 10.4 Å². The van der Waals surface area contributed by atoms with Gasteiger partial charge in [-0.1, -0.05) is 6.92 Å². The van der Waals surface area contributed by atoms with Crippen molar-refractivity contribution < 1.29 is 9.21 Å². The molecule has 110 valence electrons. The van der Waals surface area contributed by atoms with Crippen LogP contribution in [0, 0.1) is 12.8 Å². The van der Waals surface area contributed by atoms with E-state index in [1.807, 2.05) is 24.4 Å². The summed E-state index contributed by atoms with van der Waals surface area (Å²) in [5.74, 6) is 2.75. The molecule has 1 amide bonds. The van der Waals surface area contributed by atoms with Crippen LogP contribution in [0.5, 0.6) is 0 Å². The van der Waals surface area contributed by atoms with E-state index in [4.69, 9.17) is 4.42 Å². The minimum atomic E-state index is -0.181. The normalized spacial score (nSPS) is 20.9. The minimum absolute atomic E-state index is 0.181. The van der Waals surface area contributed by atoms with Crippen LogP contribution in [0.25, 0.3) is 0 Å². The lowest BCUT2D eigenvalue weighted by atomic mass is 10.3. The van der Waals surface area contributed by atoms with Crippen molar-refractivity contribution in [2.24, 2.45) is 11.0 Å². The van der Waals surface area contributed by atoms with E-state index in [0.29, 0.717) is 17.6 Å². The lowest BCUT2D eigenvalue weighted by molar-refractivity contribution is -0.120. The number of aromatic nitrogens is 1. The number of hydrogen-bond acceptors (Lipinski definition) is 5. The Morgan fingerprint density at radius 3 is 3.10 bits per heavy atom. The minimum Gasteiger partial charge on any atom is -0.460 e. The van der Waals surface area contributed by atoms with Crippen LogP contribution in [0.3, 0.4) is 0 Å². The molecule has 6 heteroatoms. The maximum atomic E-state index is 11.7. The van der Waals surface area contributed by atoms with Crippen LogP contribution in [-0.4, -0.2) is 17.1 Å². The number of hydrogen-bond donors (Lipinski definition) is 1. The molecule has 2 aromatic heterocycles. The number of carbonyl (C=O) groups excluding carboxylic acids is 1. The molecule has 1 fully saturated rings. The van der Waals surface area contributed by atoms with Crippen LogP contribution in [0.15, 0.2) is 27.0 Å². The fourth-order valence-electron chi connectivity index (χ4n) is 2.22. The van der Waals surface area contributed by atoms with Crippen molar-refractivity contribution in [3.8, 4) is 0 Å². The molecule has 1 N–H and O–H groups in total. The SMILES string of the molecule is Cc1nc(CC(=O)N/N=C\c2ccc([C@H]3C[C@H]3C)o2)cs1. The van der Waals surface area contributed by atoms with E-state index in [-0.39, 0.29) is 12.3 Å². The molecule has 0 unspecified atom stereocenters. The predicted octanol–water partition coefficient (Wildman–Crippen LogP) is 2.86. The van der Waals surface area contributed by atoms with E-state index in [2.05, 4.69) is 22.4 Å². The molecule has 0 radical (unpaired) electrons. The molecule has 0 aliphatic heterocycles. The summed E-state index contributed by atoms with van der Waals surface area (Å²) in [5.41, 5.74) is 3.26. The summed E-state index contributed by atoms with van der Waals surface area (Å²) in [5, 5.41) is 6.75. The molecule has 21 heavy (non-hydrogen) atoms. The Balaban J connectivity index is 1.49. The van der Waals surface area contributed by atoms with Crippen LogP contribution in [0.4, 0.5) is 0 Å². The summed E-state index contributed by atoms with van der Waals surface area (Å²) in [7, 11) is 0. The molecule has 2 heterocycles. The molecule has 1 aliphatic rings. The third kappa shape index (κ3) is 3.58. The second-order valence-corrected chi connectivity index (χ2v) is 6.45. The number of furan rings is 1. The summed E-state index contributed by atoms with van der Waals surface area (Å²) >= 11 is 1.53. The Hall–Kier alpha value is -1.95. The molecular weight excluding hydrogens is 286 g/mol. The van der Waals surface area contributed by atoms with E-state index in [1.165, 1.54) is 24.0 Å². The van der Waals surface area contributed by atoms with Crippen molar-refractivity contribution in [1.82, 2.24) is 10.4 Å². The molecule has 0 aromatic carbocycles. The fourth-order valence-corrected chi connectivity index (χ4v) is 2.83. The topological polar surface area (TPSA) is 67.5 Å². The molecular formula is C15H17N3O2S. The van der Waals surface area contributed by atoms with E-state index in [9.17, 15) is 4.79 Å². The smallest absolute Gasteiger partial charge is 0.246 e. The maximum Gasteiger partial charge on any atom is 0.246 e. The molecule has 2 atom stereocenters. The highest BCUT2D eigenvalue weighted by Crippen LogP contribution is 2.47. The van der Waals surface area contributed by atoms with Gasteiger partial charge in [0.1, 0.15) is 11.5 Å². The first-order valence-corrected chi connectivity index (χ1v) is 7.82. The Labute approximate surface area is 127 Å². The first kappa shape index (κ1) is 14.0. The number of thiazole rings is 1. The van der Waals surface area contributed by atoms with Gasteiger partial charge < -0.3 is 4.42 Å². The molecule has 0 saturated heterocycles. The van der Waals surface area contributed by atoms with E-state index in [1.54, 1.807) is 0 Å². The van der Waals surface area contributed by atoms with Gasteiger partial charge in [-0.05, 0) is 31.4 Å². The predicted molar refractivity (Wildman–Crippen MR) is 81.5 cm³/mol. The van der Waals surface area contributed by atoms with Gasteiger partial charge in [-0.15, -0.1) is 11.3 Å². The van der Waals surface area contributed by atoms with Crippen LogP contribution >= 0.6 is 11.3 Å². The standard InChI is InChI=1S/C15H17N3O2S/c1-9-5-13(9)14-4-3-12(20-14)7-16-18-15(19)6-11-8-21-10(2)17-11/h3-4,7-9,13H,5-6H2,1-2H3,(H,18,19)/b16-7-/t9-,13+/m1/s1. The third-order valence-corrected chi connectivity index (χ3v) is 4.33. The molecule has 1 aliphatic carbocycles. The number of hydrazone groups is 1. The summed E-state index contributed by atoms with van der Waals surface area (Å²) in [6, 6.07) is 3.86. The zero-order valence-electron chi connectivity index (χ0n) is 12.0. The highest BCUT2D eigenvalue weighted by molar-refractivity contribution is 7.09. The van der Waals surface area contributed by atoms with Gasteiger partial charge in [0.25, 0.3) is 0 Å². The number of rotatable bonds is 5. The van der Waals surface area contributed by atoms with E-state index < -0.39 is 0 Å². The van der Waals surface area contributed by atoms with Gasteiger partial charge >= 0.3 is 0 Å². The molecule has 5 nitrogen and oxygen atoms in total. The first-order valence-electron chi connectivity index (χ1n) is 6.94. The lowest BCUT2D eigenvalue weighted by Gasteiger charge is -1.96. The fraction of sp³-hybridized carbons (Fsp3) is 0.400. The van der Waals surface area contributed by atoms with Gasteiger partial charge in [-0.2, -0.15) is 5.10 Å². The Kier molecular flexibility index (Phi) is 3.88. The van der Waals surface area contributed by atoms with Crippen LogP contribution in [0.2, 0.25) is 0 Å². The summed E-state index contributed by atoms with van der Waals surface area (Å²) in [4.78, 5) is 15.9. The zero-order valence-corrected chi connectivity index (χ0v) is 12.8. The highest BCUT2D eigenvalue weighted by Gasteiger charge is 2.36. The van der Waals surface area contributed by atoms with Crippen molar-refractivity contribution >= 4 is 23.5 Å². The quantitative estimate of drug-likeness (QED) is 0.682. The number of aryl methyl sites for hydroxylation is 1. The summed E-state index contributed by atoms with van der Waals surface area (Å²) in [6.45, 7) is 4.13. The number of nitrogens with one attached hydrogen (secondary N) is 1. The monoisotopic (exact) mass is 303 g/mol. The van der Waals surface area contributed by atoms with Gasteiger partial charge in [0.05, 0.1) is 23.3 Å². The van der Waals surface area contributed by atoms with Gasteiger partial charge in [0.15, 0.2) is 0 Å². The lowest BCUT2D eigenvalue weighted by Crippen LogP contribution is -2.19. The average molecular weight is 303 g/mol. The average Bonchev–Trinajstić information content (AvgIpc) is 2.85. The molecule has 0 spiro atoms.